The fourth-order valence-electron chi connectivity index (χ4n) is 3.83. The number of hydrogen-bond acceptors (Lipinski definition) is 6. The van der Waals surface area contributed by atoms with Crippen molar-refractivity contribution in [3.8, 4) is 10.6 Å². The molecule has 1 amide bonds. The second-order valence-corrected chi connectivity index (χ2v) is 8.64. The molecule has 1 saturated heterocycles. The van der Waals surface area contributed by atoms with Crippen molar-refractivity contribution in [2.24, 2.45) is 11.3 Å². The van der Waals surface area contributed by atoms with E-state index in [0.29, 0.717) is 26.2 Å². The average Bonchev–Trinajstić information content (AvgIpc) is 3.17. The van der Waals surface area contributed by atoms with Gasteiger partial charge in [0.25, 0.3) is 0 Å². The van der Waals surface area contributed by atoms with Crippen LogP contribution < -0.4 is 5.32 Å². The van der Waals surface area contributed by atoms with Gasteiger partial charge < -0.3 is 15.2 Å². The van der Waals surface area contributed by atoms with Gasteiger partial charge in [0.15, 0.2) is 0 Å². The summed E-state index contributed by atoms with van der Waals surface area (Å²) >= 11 is 1.72. The zero-order valence-electron chi connectivity index (χ0n) is 15.3. The fraction of sp³-hybridized carbons (Fsp3) is 0.550. The Hall–Kier alpha value is -1.83. The van der Waals surface area contributed by atoms with Crippen LogP contribution in [0.4, 0.5) is 0 Å². The monoisotopic (exact) mass is 387 g/mol. The van der Waals surface area contributed by atoms with Gasteiger partial charge in [-0.1, -0.05) is 0 Å². The molecule has 6 nitrogen and oxygen atoms in total. The van der Waals surface area contributed by atoms with E-state index in [-0.39, 0.29) is 23.8 Å². The first-order chi connectivity index (χ1) is 13.2. The predicted molar refractivity (Wildman–Crippen MR) is 103 cm³/mol. The zero-order valence-corrected chi connectivity index (χ0v) is 16.1. The minimum Gasteiger partial charge on any atom is -0.396 e. The van der Waals surface area contributed by atoms with Gasteiger partial charge in [-0.15, -0.1) is 11.3 Å². The number of hydrogen-bond donors (Lipinski definition) is 2. The molecule has 1 aliphatic carbocycles. The Kier molecular flexibility index (Phi) is 5.52. The van der Waals surface area contributed by atoms with Crippen LogP contribution >= 0.6 is 11.3 Å². The van der Waals surface area contributed by atoms with Gasteiger partial charge in [-0.25, -0.2) is 4.98 Å². The lowest BCUT2D eigenvalue weighted by molar-refractivity contribution is -0.126. The Morgan fingerprint density at radius 2 is 2.11 bits per heavy atom. The number of fused-ring (bicyclic) bond motifs is 1. The number of aliphatic hydroxyl groups excluding tert-OH is 1. The van der Waals surface area contributed by atoms with Gasteiger partial charge in [0.1, 0.15) is 5.01 Å². The van der Waals surface area contributed by atoms with Crippen LogP contribution in [-0.2, 0) is 22.4 Å². The van der Waals surface area contributed by atoms with Crippen molar-refractivity contribution in [3.63, 3.8) is 0 Å². The van der Waals surface area contributed by atoms with Crippen LogP contribution in [0.15, 0.2) is 24.5 Å². The highest BCUT2D eigenvalue weighted by molar-refractivity contribution is 7.15. The van der Waals surface area contributed by atoms with Gasteiger partial charge in [-0.05, 0) is 37.8 Å². The van der Waals surface area contributed by atoms with E-state index in [4.69, 9.17) is 9.72 Å². The highest BCUT2D eigenvalue weighted by Crippen LogP contribution is 2.35. The van der Waals surface area contributed by atoms with Crippen molar-refractivity contribution in [2.75, 3.05) is 26.4 Å². The van der Waals surface area contributed by atoms with Gasteiger partial charge in [0.2, 0.25) is 5.91 Å². The summed E-state index contributed by atoms with van der Waals surface area (Å²) in [4.78, 5) is 22.9. The van der Waals surface area contributed by atoms with E-state index in [0.717, 1.165) is 41.9 Å². The van der Waals surface area contributed by atoms with E-state index in [1.54, 1.807) is 23.7 Å². The fourth-order valence-corrected chi connectivity index (χ4v) is 4.94. The number of pyridine rings is 1. The lowest BCUT2D eigenvalue weighted by atomic mass is 9.80. The van der Waals surface area contributed by atoms with Crippen LogP contribution in [-0.4, -0.2) is 47.3 Å². The normalized spacial score (nSPS) is 21.4. The summed E-state index contributed by atoms with van der Waals surface area (Å²) in [5.41, 5.74) is 1.90. The number of rotatable bonds is 5. The molecule has 4 rings (SSSR count). The molecule has 27 heavy (non-hydrogen) atoms. The molecule has 7 heteroatoms. The van der Waals surface area contributed by atoms with E-state index in [9.17, 15) is 9.90 Å². The Bertz CT molecular complexity index is 787. The molecule has 2 aromatic heterocycles. The van der Waals surface area contributed by atoms with E-state index in [1.165, 1.54) is 4.88 Å². The lowest BCUT2D eigenvalue weighted by Crippen LogP contribution is -2.45. The van der Waals surface area contributed by atoms with Crippen molar-refractivity contribution in [1.29, 1.82) is 0 Å². The molecular formula is C20H25N3O3S. The zero-order chi connectivity index (χ0) is 18.7. The molecule has 3 heterocycles. The summed E-state index contributed by atoms with van der Waals surface area (Å²) in [5.74, 6) is 0.0406. The molecule has 0 radical (unpaired) electrons. The first-order valence-corrected chi connectivity index (χ1v) is 10.4. The number of aryl methyl sites for hydroxylation is 1. The molecule has 2 aromatic rings. The second kappa shape index (κ2) is 8.04. The minimum atomic E-state index is -0.233. The number of nitrogens with one attached hydrogen (secondary N) is 1. The van der Waals surface area contributed by atoms with E-state index in [1.807, 2.05) is 12.1 Å². The Morgan fingerprint density at radius 3 is 2.85 bits per heavy atom. The van der Waals surface area contributed by atoms with Crippen molar-refractivity contribution in [2.45, 2.75) is 32.1 Å². The number of amides is 1. The predicted octanol–water partition coefficient (Wildman–Crippen LogP) is 2.22. The van der Waals surface area contributed by atoms with Crippen molar-refractivity contribution in [1.82, 2.24) is 15.3 Å². The molecule has 144 valence electrons. The van der Waals surface area contributed by atoms with Crippen molar-refractivity contribution >= 4 is 17.2 Å². The summed E-state index contributed by atoms with van der Waals surface area (Å²) in [6.07, 6.45) is 7.58. The van der Waals surface area contributed by atoms with E-state index < -0.39 is 0 Å². The average molecular weight is 388 g/mol. The molecular weight excluding hydrogens is 362 g/mol. The van der Waals surface area contributed by atoms with E-state index >= 15 is 0 Å². The first kappa shape index (κ1) is 18.5. The summed E-state index contributed by atoms with van der Waals surface area (Å²) < 4.78 is 5.39. The maximum absolute atomic E-state index is 12.7. The highest BCUT2D eigenvalue weighted by atomic mass is 32.1. The smallest absolute Gasteiger partial charge is 0.223 e. The molecule has 1 fully saturated rings. The molecule has 1 atom stereocenters. The summed E-state index contributed by atoms with van der Waals surface area (Å²) in [6.45, 7) is 1.92. The van der Waals surface area contributed by atoms with Gasteiger partial charge in [-0.2, -0.15) is 0 Å². The molecule has 0 saturated carbocycles. The number of aliphatic hydroxyl groups is 1. The van der Waals surface area contributed by atoms with Crippen molar-refractivity contribution in [3.05, 3.63) is 35.1 Å². The van der Waals surface area contributed by atoms with Gasteiger partial charge in [-0.3, -0.25) is 9.78 Å². The van der Waals surface area contributed by atoms with E-state index in [2.05, 4.69) is 10.3 Å². The summed E-state index contributed by atoms with van der Waals surface area (Å²) in [5, 5.41) is 13.9. The molecule has 1 aliphatic heterocycles. The highest BCUT2D eigenvalue weighted by Gasteiger charge is 2.34. The summed E-state index contributed by atoms with van der Waals surface area (Å²) in [7, 11) is 0. The van der Waals surface area contributed by atoms with Crippen LogP contribution in [0, 0.1) is 11.3 Å². The lowest BCUT2D eigenvalue weighted by Gasteiger charge is -2.36. The molecule has 1 unspecified atom stereocenters. The molecule has 0 spiro atoms. The first-order valence-electron chi connectivity index (χ1n) is 9.54. The second-order valence-electron chi connectivity index (χ2n) is 7.55. The number of aromatic nitrogens is 2. The maximum Gasteiger partial charge on any atom is 0.223 e. The Balaban J connectivity index is 1.39. The number of thiazole rings is 1. The van der Waals surface area contributed by atoms with Crippen LogP contribution in [0.25, 0.3) is 10.6 Å². The molecule has 0 aromatic carbocycles. The van der Waals surface area contributed by atoms with Crippen LogP contribution in [0.3, 0.4) is 0 Å². The standard InChI is InChI=1S/C20H25N3O3S/c24-13-20(5-9-26-10-6-20)12-22-18(25)15-1-2-17-16(11-15)23-19(27-17)14-3-7-21-8-4-14/h3-4,7-8,15,24H,1-2,5-6,9-13H2,(H,22,25). The third kappa shape index (κ3) is 4.05. The van der Waals surface area contributed by atoms with Crippen LogP contribution in [0.2, 0.25) is 0 Å². The SMILES string of the molecule is O=C(NCC1(CO)CCOCC1)C1CCc2sc(-c3ccncc3)nc2C1. The van der Waals surface area contributed by atoms with Crippen molar-refractivity contribution < 1.29 is 14.6 Å². The topological polar surface area (TPSA) is 84.3 Å². The summed E-state index contributed by atoms with van der Waals surface area (Å²) in [6, 6.07) is 3.94. The minimum absolute atomic E-state index is 0.0412. The third-order valence-electron chi connectivity index (χ3n) is 5.76. The molecule has 2 aliphatic rings. The molecule has 2 N–H and O–H groups in total. The van der Waals surface area contributed by atoms with Gasteiger partial charge in [0.05, 0.1) is 12.3 Å². The number of carbonyl (C=O) groups is 1. The maximum atomic E-state index is 12.7. The Labute approximate surface area is 163 Å². The third-order valence-corrected chi connectivity index (χ3v) is 6.97. The van der Waals surface area contributed by atoms with Crippen LogP contribution in [0.1, 0.15) is 29.8 Å². The molecule has 0 bridgehead atoms. The largest absolute Gasteiger partial charge is 0.396 e. The number of ether oxygens (including phenoxy) is 1. The van der Waals surface area contributed by atoms with Crippen LogP contribution in [0.5, 0.6) is 0 Å². The number of nitrogens with zero attached hydrogens (tertiary/aromatic N) is 2. The van der Waals surface area contributed by atoms with Gasteiger partial charge in [0, 0.05) is 60.3 Å². The van der Waals surface area contributed by atoms with Gasteiger partial charge >= 0.3 is 0 Å². The Morgan fingerprint density at radius 1 is 1.33 bits per heavy atom. The quantitative estimate of drug-likeness (QED) is 0.822. The number of carbonyl (C=O) groups excluding carboxylic acids is 1.